The Labute approximate surface area is 458 Å². The summed E-state index contributed by atoms with van der Waals surface area (Å²) in [5.74, 6) is -7.01. The second kappa shape index (κ2) is 31.7. The van der Waals surface area contributed by atoms with Crippen LogP contribution in [0, 0.1) is 29.6 Å². The first-order chi connectivity index (χ1) is 35.5. The first kappa shape index (κ1) is 69.4. The van der Waals surface area contributed by atoms with E-state index in [0.717, 1.165) is 6.42 Å². The predicted octanol–water partition coefficient (Wildman–Crippen LogP) is 1.59. The average Bonchev–Trinajstić information content (AvgIpc) is 3.81. The highest BCUT2D eigenvalue weighted by atomic mass is 16.3. The van der Waals surface area contributed by atoms with Gasteiger partial charge < -0.3 is 63.2 Å². The van der Waals surface area contributed by atoms with Crippen molar-refractivity contribution >= 4 is 59.1 Å². The molecule has 1 aliphatic heterocycles. The molecule has 0 radical (unpaired) electrons. The fourth-order valence-electron chi connectivity index (χ4n) is 8.32. The highest BCUT2D eigenvalue weighted by molar-refractivity contribution is 6.00. The van der Waals surface area contributed by atoms with Gasteiger partial charge in [0.05, 0.1) is 6.10 Å². The smallest absolute Gasteiger partial charge is 0.246 e. The van der Waals surface area contributed by atoms with Gasteiger partial charge in [0, 0.05) is 32.1 Å². The van der Waals surface area contributed by atoms with Crippen molar-refractivity contribution in [3.05, 3.63) is 12.2 Å². The number of aliphatic hydroxyl groups excluding tert-OH is 1. The Morgan fingerprint density at radius 2 is 1.10 bits per heavy atom. The first-order valence-corrected chi connectivity index (χ1v) is 27.6. The molecule has 1 heterocycles. The highest BCUT2D eigenvalue weighted by Crippen LogP contribution is 2.21. The standard InChI is InChI=1S/C55H99N11O11/c1-19-35(10)22-23-42(68)66-26-20-21-40(66)48(73)60-37(27-31(2)3)46(71)62-43(44(69)34(8)9)49(74)64-54(14,15)51(76)61-38(28-32(4)5)45(70)59-39(29-33(6)7)47(72)63-55(16,17)52(77)65-53(12,13)50(75)57-25-24-41(67)58-36(11)30-56-18/h22-23,31-40,43-44,56,69H,19-21,24-30H2,1-18H3,(H,57,75)(H,58,67)(H,59,70)(H,60,73)(H,61,76)(H,62,71)(H,63,72)(H,64,74)(H,65,77)/b23-22+/t35-,36-,37-,38-,39-,40-,43-,44+/m0/s1. The molecule has 0 bridgehead atoms. The third kappa shape index (κ3) is 23.9. The molecule has 10 amide bonds. The third-order valence-electron chi connectivity index (χ3n) is 13.2. The van der Waals surface area contributed by atoms with E-state index in [-0.39, 0.29) is 73.8 Å². The SMILES string of the molecule is CC[C@H](C)/C=C/C(=O)N1CCC[C@H]1C(=O)N[C@@H](CC(C)C)C(=O)N[C@H](C(=O)NC(C)(C)C(=O)N[C@@H](CC(C)C)C(=O)N[C@@H](CC(C)C)C(=O)NC(C)(C)C(=O)NC(C)(C)C(=O)NCCC(=O)N[C@@H](C)CNC)[C@H](O)C(C)C. The Morgan fingerprint density at radius 3 is 1.62 bits per heavy atom. The molecule has 0 aromatic heterocycles. The third-order valence-corrected chi connectivity index (χ3v) is 13.2. The maximum absolute atomic E-state index is 14.2. The van der Waals surface area contributed by atoms with Gasteiger partial charge in [-0.15, -0.1) is 0 Å². The molecule has 0 spiro atoms. The summed E-state index contributed by atoms with van der Waals surface area (Å²) >= 11 is 0. The molecule has 8 atom stereocenters. The van der Waals surface area contributed by atoms with Crippen molar-refractivity contribution in [1.29, 1.82) is 0 Å². The van der Waals surface area contributed by atoms with E-state index in [0.29, 0.717) is 25.9 Å². The van der Waals surface area contributed by atoms with Crippen LogP contribution < -0.4 is 53.2 Å². The molecule has 22 nitrogen and oxygen atoms in total. The van der Waals surface area contributed by atoms with Crippen LogP contribution in [-0.4, -0.2) is 155 Å². The fourth-order valence-corrected chi connectivity index (χ4v) is 8.32. The summed E-state index contributed by atoms with van der Waals surface area (Å²) in [6.45, 7) is 29.7. The zero-order chi connectivity index (χ0) is 59.3. The number of hydrogen-bond donors (Lipinski definition) is 11. The summed E-state index contributed by atoms with van der Waals surface area (Å²) in [6, 6.07) is -6.08. The second-order valence-electron chi connectivity index (χ2n) is 24.0. The summed E-state index contributed by atoms with van der Waals surface area (Å²) in [5.41, 5.74) is -4.81. The molecule has 1 saturated heterocycles. The Morgan fingerprint density at radius 1 is 0.610 bits per heavy atom. The van der Waals surface area contributed by atoms with Crippen molar-refractivity contribution in [3.63, 3.8) is 0 Å². The zero-order valence-corrected chi connectivity index (χ0v) is 49.6. The Hall–Kier alpha value is -5.64. The Kier molecular flexibility index (Phi) is 28.5. The van der Waals surface area contributed by atoms with Gasteiger partial charge in [-0.05, 0) is 123 Å². The molecule has 22 heteroatoms. The predicted molar refractivity (Wildman–Crippen MR) is 296 cm³/mol. The number of likely N-dealkylation sites (tertiary alicyclic amines) is 1. The summed E-state index contributed by atoms with van der Waals surface area (Å²) < 4.78 is 0. The van der Waals surface area contributed by atoms with Gasteiger partial charge >= 0.3 is 0 Å². The van der Waals surface area contributed by atoms with Crippen LogP contribution in [0.3, 0.4) is 0 Å². The van der Waals surface area contributed by atoms with Gasteiger partial charge in [0.1, 0.15) is 46.8 Å². The molecule has 0 aliphatic carbocycles. The average molecular weight is 1090 g/mol. The number of rotatable bonds is 32. The monoisotopic (exact) mass is 1090 g/mol. The molecule has 440 valence electrons. The maximum atomic E-state index is 14.2. The highest BCUT2D eigenvalue weighted by Gasteiger charge is 2.42. The number of amides is 10. The number of hydrogen-bond acceptors (Lipinski definition) is 12. The number of nitrogens with one attached hydrogen (secondary N) is 10. The van der Waals surface area contributed by atoms with E-state index in [1.807, 2.05) is 62.3 Å². The van der Waals surface area contributed by atoms with E-state index >= 15 is 0 Å². The fraction of sp³-hybridized carbons (Fsp3) is 0.782. The molecule has 11 N–H and O–H groups in total. The van der Waals surface area contributed by atoms with Crippen molar-refractivity contribution in [2.75, 3.05) is 26.7 Å². The maximum Gasteiger partial charge on any atom is 0.246 e. The van der Waals surface area contributed by atoms with Crippen molar-refractivity contribution in [2.24, 2.45) is 29.6 Å². The lowest BCUT2D eigenvalue weighted by atomic mass is 9.95. The normalized spacial score (nSPS) is 16.9. The van der Waals surface area contributed by atoms with Crippen molar-refractivity contribution < 1.29 is 53.1 Å². The molecule has 1 fully saturated rings. The summed E-state index contributed by atoms with van der Waals surface area (Å²) in [4.78, 5) is 138. The number of likely N-dealkylation sites (N-methyl/N-ethyl adjacent to an activating group) is 1. The van der Waals surface area contributed by atoms with Crippen LogP contribution in [0.4, 0.5) is 0 Å². The topological polar surface area (TPSA) is 314 Å². The summed E-state index contributed by atoms with van der Waals surface area (Å²) in [7, 11) is 1.77. The van der Waals surface area contributed by atoms with Crippen molar-refractivity contribution in [1.82, 2.24) is 58.1 Å². The molecule has 1 rings (SSSR count). The Balaban J connectivity index is 3.26. The van der Waals surface area contributed by atoms with Crippen molar-refractivity contribution in [3.8, 4) is 0 Å². The molecular formula is C55H99N11O11. The lowest BCUT2D eigenvalue weighted by Crippen LogP contribution is -2.66. The second-order valence-corrected chi connectivity index (χ2v) is 24.0. The van der Waals surface area contributed by atoms with Gasteiger partial charge in [-0.3, -0.25) is 47.9 Å². The number of aliphatic hydroxyl groups is 1. The summed E-state index contributed by atoms with van der Waals surface area (Å²) in [5, 5.41) is 38.7. The molecule has 77 heavy (non-hydrogen) atoms. The molecular weight excluding hydrogens is 991 g/mol. The van der Waals surface area contributed by atoms with Crippen LogP contribution in [0.25, 0.3) is 0 Å². The van der Waals surface area contributed by atoms with E-state index in [4.69, 9.17) is 0 Å². The molecule has 0 aromatic carbocycles. The van der Waals surface area contributed by atoms with Crippen LogP contribution in [0.1, 0.15) is 163 Å². The van der Waals surface area contributed by atoms with E-state index in [1.165, 1.54) is 52.5 Å². The van der Waals surface area contributed by atoms with Gasteiger partial charge in [0.2, 0.25) is 59.1 Å². The number of nitrogens with zero attached hydrogens (tertiary/aromatic N) is 1. The van der Waals surface area contributed by atoms with Crippen LogP contribution in [0.15, 0.2) is 12.2 Å². The van der Waals surface area contributed by atoms with Gasteiger partial charge in [0.25, 0.3) is 0 Å². The van der Waals surface area contributed by atoms with Crippen LogP contribution in [-0.2, 0) is 47.9 Å². The van der Waals surface area contributed by atoms with Crippen molar-refractivity contribution in [2.45, 2.75) is 222 Å². The lowest BCUT2D eigenvalue weighted by Gasteiger charge is -2.34. The van der Waals surface area contributed by atoms with Gasteiger partial charge in [-0.1, -0.05) is 81.7 Å². The lowest BCUT2D eigenvalue weighted by molar-refractivity contribution is -0.140. The first-order valence-electron chi connectivity index (χ1n) is 27.6. The van der Waals surface area contributed by atoms with E-state index in [9.17, 15) is 53.1 Å². The van der Waals surface area contributed by atoms with E-state index in [2.05, 4.69) is 53.2 Å². The van der Waals surface area contributed by atoms with E-state index < -0.39 is 106 Å². The number of carbonyl (C=O) groups excluding carboxylic acids is 10. The number of allylic oxidation sites excluding steroid dienone is 1. The van der Waals surface area contributed by atoms with Crippen LogP contribution in [0.2, 0.25) is 0 Å². The van der Waals surface area contributed by atoms with Gasteiger partial charge in [0.15, 0.2) is 0 Å². The molecule has 0 saturated carbocycles. The molecule has 0 aromatic rings. The largest absolute Gasteiger partial charge is 0.390 e. The quantitative estimate of drug-likeness (QED) is 0.0428. The minimum absolute atomic E-state index is 0.0167. The van der Waals surface area contributed by atoms with Gasteiger partial charge in [-0.25, -0.2) is 0 Å². The summed E-state index contributed by atoms with van der Waals surface area (Å²) in [6.07, 6.45) is 4.10. The van der Waals surface area contributed by atoms with Crippen LogP contribution in [0.5, 0.6) is 0 Å². The minimum atomic E-state index is -1.75. The van der Waals surface area contributed by atoms with Crippen LogP contribution >= 0.6 is 0 Å². The molecule has 0 unspecified atom stereocenters. The van der Waals surface area contributed by atoms with E-state index in [1.54, 1.807) is 27.0 Å². The minimum Gasteiger partial charge on any atom is -0.390 e. The Bertz CT molecular complexity index is 2050. The number of carbonyl (C=O) groups is 10. The zero-order valence-electron chi connectivity index (χ0n) is 49.6. The molecule has 1 aliphatic rings. The van der Waals surface area contributed by atoms with Gasteiger partial charge in [-0.2, -0.15) is 0 Å².